The molecule has 1 saturated heterocycles. The summed E-state index contributed by atoms with van der Waals surface area (Å²) >= 11 is 0. The molecule has 1 N–H and O–H groups in total. The van der Waals surface area contributed by atoms with Crippen molar-refractivity contribution >= 4 is 5.97 Å². The Morgan fingerprint density at radius 1 is 1.56 bits per heavy atom. The number of carboxylic acid groups (broad SMARTS) is 1. The third-order valence-corrected chi connectivity index (χ3v) is 2.66. The average molecular weight is 265 g/mol. The van der Waals surface area contributed by atoms with Crippen LogP contribution in [0.15, 0.2) is 0 Å². The minimum atomic E-state index is -4.79. The largest absolute Gasteiger partial charge is 0.476 e. The molecule has 1 aromatic heterocycles. The third kappa shape index (κ3) is 2.45. The van der Waals surface area contributed by atoms with Crippen molar-refractivity contribution in [2.24, 2.45) is 5.92 Å². The summed E-state index contributed by atoms with van der Waals surface area (Å²) in [5.41, 5.74) is -2.39. The van der Waals surface area contributed by atoms with Crippen LogP contribution in [0.5, 0.6) is 0 Å². The van der Waals surface area contributed by atoms with E-state index in [1.165, 1.54) is 0 Å². The monoisotopic (exact) mass is 265 g/mol. The fraction of sp³-hybridized carbons (Fsp3) is 0.667. The van der Waals surface area contributed by atoms with Crippen LogP contribution >= 0.6 is 0 Å². The Hall–Kier alpha value is -1.64. The maximum Gasteiger partial charge on any atom is 0.435 e. The van der Waals surface area contributed by atoms with E-state index in [4.69, 9.17) is 9.84 Å². The van der Waals surface area contributed by atoms with Gasteiger partial charge < -0.3 is 9.84 Å². The van der Waals surface area contributed by atoms with Crippen LogP contribution in [0.3, 0.4) is 0 Å². The average Bonchev–Trinajstić information content (AvgIpc) is 2.85. The molecule has 1 aliphatic heterocycles. The minimum Gasteiger partial charge on any atom is -0.476 e. The molecular weight excluding hydrogens is 255 g/mol. The van der Waals surface area contributed by atoms with E-state index >= 15 is 0 Å². The molecule has 0 aliphatic carbocycles. The zero-order valence-corrected chi connectivity index (χ0v) is 9.15. The highest BCUT2D eigenvalue weighted by Crippen LogP contribution is 2.32. The van der Waals surface area contributed by atoms with Gasteiger partial charge in [-0.3, -0.25) is 0 Å². The molecule has 1 unspecified atom stereocenters. The summed E-state index contributed by atoms with van der Waals surface area (Å²) < 4.78 is 44.0. The summed E-state index contributed by atoms with van der Waals surface area (Å²) in [5.74, 6) is -1.84. The Labute approximate surface area is 99.3 Å². The van der Waals surface area contributed by atoms with E-state index < -0.39 is 23.5 Å². The van der Waals surface area contributed by atoms with Crippen molar-refractivity contribution in [1.29, 1.82) is 0 Å². The van der Waals surface area contributed by atoms with Gasteiger partial charge in [-0.05, 0) is 6.42 Å². The first kappa shape index (κ1) is 12.8. The van der Waals surface area contributed by atoms with E-state index in [-0.39, 0.29) is 12.5 Å². The molecule has 0 bridgehead atoms. The van der Waals surface area contributed by atoms with Crippen LogP contribution < -0.4 is 0 Å². The summed E-state index contributed by atoms with van der Waals surface area (Å²) in [5, 5.41) is 15.0. The molecule has 2 heterocycles. The van der Waals surface area contributed by atoms with Gasteiger partial charge in [-0.25, -0.2) is 9.48 Å². The zero-order chi connectivity index (χ0) is 13.3. The molecule has 100 valence electrons. The molecule has 1 fully saturated rings. The molecule has 2 rings (SSSR count). The van der Waals surface area contributed by atoms with Crippen LogP contribution in [-0.2, 0) is 17.5 Å². The number of hydrogen-bond acceptors (Lipinski definition) is 4. The van der Waals surface area contributed by atoms with E-state index in [9.17, 15) is 18.0 Å². The molecule has 0 amide bonds. The lowest BCUT2D eigenvalue weighted by atomic mass is 10.1. The molecule has 6 nitrogen and oxygen atoms in total. The second kappa shape index (κ2) is 4.56. The number of halogens is 3. The van der Waals surface area contributed by atoms with Gasteiger partial charge in [0.05, 0.1) is 6.61 Å². The molecular formula is C9H10F3N3O3. The maximum atomic E-state index is 12.8. The quantitative estimate of drug-likeness (QED) is 0.883. The molecule has 1 atom stereocenters. The van der Waals surface area contributed by atoms with Crippen molar-refractivity contribution in [1.82, 2.24) is 15.0 Å². The molecule has 9 heteroatoms. The second-order valence-corrected chi connectivity index (χ2v) is 4.00. The second-order valence-electron chi connectivity index (χ2n) is 4.00. The van der Waals surface area contributed by atoms with Crippen molar-refractivity contribution in [3.8, 4) is 0 Å². The standard InChI is InChI=1S/C9H10F3N3O3/c10-9(11,12)7-6(8(16)17)13-14-15(7)3-5-1-2-18-4-5/h5H,1-4H2,(H,16,17). The lowest BCUT2D eigenvalue weighted by Crippen LogP contribution is -2.21. The number of aromatic carboxylic acids is 1. The van der Waals surface area contributed by atoms with Crippen molar-refractivity contribution in [3.05, 3.63) is 11.4 Å². The highest BCUT2D eigenvalue weighted by Gasteiger charge is 2.42. The number of carboxylic acids is 1. The summed E-state index contributed by atoms with van der Waals surface area (Å²) in [6, 6.07) is 0. The SMILES string of the molecule is O=C(O)c1nnn(CC2CCOC2)c1C(F)(F)F. The third-order valence-electron chi connectivity index (χ3n) is 2.66. The van der Waals surface area contributed by atoms with Gasteiger partial charge in [0, 0.05) is 19.1 Å². The lowest BCUT2D eigenvalue weighted by Gasteiger charge is -2.12. The van der Waals surface area contributed by atoms with Crippen LogP contribution in [0, 0.1) is 5.92 Å². The Kier molecular flexibility index (Phi) is 3.24. The van der Waals surface area contributed by atoms with Crippen molar-refractivity contribution in [3.63, 3.8) is 0 Å². The molecule has 0 saturated carbocycles. The van der Waals surface area contributed by atoms with E-state index in [0.717, 1.165) is 0 Å². The predicted octanol–water partition coefficient (Wildman–Crippen LogP) is 1.03. The Bertz CT molecular complexity index is 452. The maximum absolute atomic E-state index is 12.8. The molecule has 0 aromatic carbocycles. The summed E-state index contributed by atoms with van der Waals surface area (Å²) in [6.07, 6.45) is -4.17. The Morgan fingerprint density at radius 2 is 2.28 bits per heavy atom. The summed E-state index contributed by atoms with van der Waals surface area (Å²) in [6.45, 7) is 0.793. The molecule has 1 aliphatic rings. The van der Waals surface area contributed by atoms with Gasteiger partial charge in [0.15, 0.2) is 5.69 Å². The van der Waals surface area contributed by atoms with Crippen LogP contribution in [0.4, 0.5) is 13.2 Å². The summed E-state index contributed by atoms with van der Waals surface area (Å²) in [4.78, 5) is 10.7. The van der Waals surface area contributed by atoms with E-state index in [2.05, 4.69) is 10.3 Å². The molecule has 0 spiro atoms. The number of alkyl halides is 3. The predicted molar refractivity (Wildman–Crippen MR) is 50.9 cm³/mol. The van der Waals surface area contributed by atoms with Gasteiger partial charge in [0.2, 0.25) is 5.69 Å². The highest BCUT2D eigenvalue weighted by molar-refractivity contribution is 5.86. The Morgan fingerprint density at radius 3 is 2.78 bits per heavy atom. The van der Waals surface area contributed by atoms with Gasteiger partial charge in [0.25, 0.3) is 0 Å². The van der Waals surface area contributed by atoms with Crippen molar-refractivity contribution < 1.29 is 27.8 Å². The number of nitrogens with zero attached hydrogens (tertiary/aromatic N) is 3. The molecule has 18 heavy (non-hydrogen) atoms. The van der Waals surface area contributed by atoms with Gasteiger partial charge >= 0.3 is 12.1 Å². The number of rotatable bonds is 3. The van der Waals surface area contributed by atoms with E-state index in [1.54, 1.807) is 0 Å². The fourth-order valence-electron chi connectivity index (χ4n) is 1.84. The van der Waals surface area contributed by atoms with Gasteiger partial charge in [-0.2, -0.15) is 13.2 Å². The topological polar surface area (TPSA) is 77.2 Å². The smallest absolute Gasteiger partial charge is 0.435 e. The van der Waals surface area contributed by atoms with Crippen molar-refractivity contribution in [2.75, 3.05) is 13.2 Å². The van der Waals surface area contributed by atoms with E-state index in [1.807, 2.05) is 0 Å². The number of aromatic nitrogens is 3. The Balaban J connectivity index is 2.32. The first-order valence-corrected chi connectivity index (χ1v) is 5.21. The normalized spacial score (nSPS) is 20.3. The van der Waals surface area contributed by atoms with Gasteiger partial charge in [-0.15, -0.1) is 5.10 Å². The molecule has 1 aromatic rings. The number of ether oxygens (including phenoxy) is 1. The highest BCUT2D eigenvalue weighted by atomic mass is 19.4. The first-order chi connectivity index (χ1) is 8.39. The fourth-order valence-corrected chi connectivity index (χ4v) is 1.84. The summed E-state index contributed by atoms with van der Waals surface area (Å²) in [7, 11) is 0. The van der Waals surface area contributed by atoms with E-state index in [0.29, 0.717) is 24.3 Å². The number of hydrogen-bond donors (Lipinski definition) is 1. The molecule has 0 radical (unpaired) electrons. The lowest BCUT2D eigenvalue weighted by molar-refractivity contribution is -0.145. The van der Waals surface area contributed by atoms with Crippen LogP contribution in [0.1, 0.15) is 22.6 Å². The van der Waals surface area contributed by atoms with Crippen molar-refractivity contribution in [2.45, 2.75) is 19.1 Å². The first-order valence-electron chi connectivity index (χ1n) is 5.21. The van der Waals surface area contributed by atoms with Crippen LogP contribution in [0.25, 0.3) is 0 Å². The van der Waals surface area contributed by atoms with Crippen LogP contribution in [0.2, 0.25) is 0 Å². The van der Waals surface area contributed by atoms with Gasteiger partial charge in [0.1, 0.15) is 0 Å². The van der Waals surface area contributed by atoms with Crippen LogP contribution in [-0.4, -0.2) is 39.3 Å². The minimum absolute atomic E-state index is 0.0465. The van der Waals surface area contributed by atoms with Gasteiger partial charge in [-0.1, -0.05) is 5.21 Å². The zero-order valence-electron chi connectivity index (χ0n) is 9.15. The number of carbonyl (C=O) groups is 1.